The molecular weight excluding hydrogens is 334 g/mol. The van der Waals surface area contributed by atoms with Crippen LogP contribution >= 0.6 is 0 Å². The van der Waals surface area contributed by atoms with Gasteiger partial charge >= 0.3 is 5.97 Å². The second-order valence-electron chi connectivity index (χ2n) is 8.19. The molecule has 0 amide bonds. The number of esters is 1. The van der Waals surface area contributed by atoms with Crippen molar-refractivity contribution in [1.29, 1.82) is 0 Å². The summed E-state index contributed by atoms with van der Waals surface area (Å²) in [6.07, 6.45) is 4.39. The minimum Gasteiger partial charge on any atom is -0.458 e. The fourth-order valence-electron chi connectivity index (χ4n) is 4.28. The Morgan fingerprint density at radius 2 is 1.59 bits per heavy atom. The summed E-state index contributed by atoms with van der Waals surface area (Å²) in [6, 6.07) is 19.9. The van der Waals surface area contributed by atoms with Gasteiger partial charge in [-0.05, 0) is 51.4 Å². The first kappa shape index (κ1) is 19.6. The van der Waals surface area contributed by atoms with Gasteiger partial charge in [0.1, 0.15) is 11.5 Å². The lowest BCUT2D eigenvalue weighted by atomic mass is 9.76. The minimum absolute atomic E-state index is 0.138. The predicted molar refractivity (Wildman–Crippen MR) is 110 cm³/mol. The summed E-state index contributed by atoms with van der Waals surface area (Å²) in [5.41, 5.74) is 1.57. The van der Waals surface area contributed by atoms with Gasteiger partial charge in [-0.3, -0.25) is 4.79 Å². The lowest BCUT2D eigenvalue weighted by Gasteiger charge is -2.42. The molecule has 2 atom stereocenters. The molecule has 2 aromatic carbocycles. The van der Waals surface area contributed by atoms with Crippen LogP contribution in [0.2, 0.25) is 0 Å². The van der Waals surface area contributed by atoms with Gasteiger partial charge in [0.15, 0.2) is 0 Å². The molecule has 0 bridgehead atoms. The molecule has 0 saturated heterocycles. The van der Waals surface area contributed by atoms with Gasteiger partial charge in [-0.1, -0.05) is 67.1 Å². The van der Waals surface area contributed by atoms with Crippen molar-refractivity contribution < 1.29 is 9.53 Å². The molecule has 27 heavy (non-hydrogen) atoms. The summed E-state index contributed by atoms with van der Waals surface area (Å²) in [5, 5.41) is 0. The monoisotopic (exact) mass is 365 g/mol. The van der Waals surface area contributed by atoms with Crippen molar-refractivity contribution in [3.05, 3.63) is 71.8 Å². The first-order valence-electron chi connectivity index (χ1n) is 9.97. The molecule has 0 heterocycles. The molecular formula is C24H31NO2. The maximum atomic E-state index is 13.4. The van der Waals surface area contributed by atoms with Crippen molar-refractivity contribution in [2.24, 2.45) is 5.92 Å². The number of nitrogens with zero attached hydrogens (tertiary/aromatic N) is 1. The maximum Gasteiger partial charge on any atom is 0.318 e. The van der Waals surface area contributed by atoms with Crippen LogP contribution in [0.5, 0.6) is 0 Å². The van der Waals surface area contributed by atoms with Crippen molar-refractivity contribution in [2.45, 2.75) is 44.1 Å². The molecule has 0 aliphatic heterocycles. The van der Waals surface area contributed by atoms with E-state index in [1.165, 1.54) is 6.42 Å². The molecule has 1 fully saturated rings. The summed E-state index contributed by atoms with van der Waals surface area (Å²) in [7, 11) is 4.18. The van der Waals surface area contributed by atoms with Gasteiger partial charge in [-0.15, -0.1) is 0 Å². The largest absolute Gasteiger partial charge is 0.458 e. The third-order valence-corrected chi connectivity index (χ3v) is 5.76. The number of hydrogen-bond acceptors (Lipinski definition) is 3. The quantitative estimate of drug-likeness (QED) is 0.684. The normalized spacial score (nSPS) is 22.8. The van der Waals surface area contributed by atoms with Crippen LogP contribution in [0, 0.1) is 5.92 Å². The maximum absolute atomic E-state index is 13.4. The fraction of sp³-hybridized carbons (Fsp3) is 0.458. The number of carbonyl (C=O) groups is 1. The van der Waals surface area contributed by atoms with Crippen molar-refractivity contribution in [2.75, 3.05) is 20.6 Å². The van der Waals surface area contributed by atoms with Gasteiger partial charge in [-0.25, -0.2) is 0 Å². The van der Waals surface area contributed by atoms with Crippen LogP contribution in [0.1, 0.15) is 49.7 Å². The molecule has 0 radical (unpaired) electrons. The van der Waals surface area contributed by atoms with E-state index >= 15 is 0 Å². The van der Waals surface area contributed by atoms with E-state index in [-0.39, 0.29) is 11.9 Å². The Balaban J connectivity index is 1.88. The number of rotatable bonds is 6. The molecule has 3 nitrogen and oxygen atoms in total. The fourth-order valence-corrected chi connectivity index (χ4v) is 4.28. The Morgan fingerprint density at radius 3 is 2.11 bits per heavy atom. The van der Waals surface area contributed by atoms with Gasteiger partial charge in [0.2, 0.25) is 0 Å². The predicted octanol–water partition coefficient (Wildman–Crippen LogP) is 4.87. The van der Waals surface area contributed by atoms with E-state index in [1.54, 1.807) is 0 Å². The van der Waals surface area contributed by atoms with E-state index in [4.69, 9.17) is 4.74 Å². The molecule has 2 unspecified atom stereocenters. The Bertz CT molecular complexity index is 689. The zero-order valence-corrected chi connectivity index (χ0v) is 16.7. The van der Waals surface area contributed by atoms with E-state index in [0.717, 1.165) is 36.9 Å². The summed E-state index contributed by atoms with van der Waals surface area (Å²) in [5.74, 6) is -0.149. The molecule has 1 aliphatic carbocycles. The van der Waals surface area contributed by atoms with Gasteiger partial charge in [0.25, 0.3) is 0 Å². The van der Waals surface area contributed by atoms with E-state index < -0.39 is 5.60 Å². The Labute approximate surface area is 163 Å². The summed E-state index contributed by atoms with van der Waals surface area (Å²) in [6.45, 7) is 3.08. The van der Waals surface area contributed by atoms with Gasteiger partial charge in [0.05, 0.1) is 0 Å². The number of carbonyl (C=O) groups excluding carboxylic acids is 1. The second-order valence-corrected chi connectivity index (χ2v) is 8.19. The minimum atomic E-state index is -0.401. The highest BCUT2D eigenvalue weighted by Gasteiger charge is 2.41. The molecule has 0 N–H and O–H groups in total. The van der Waals surface area contributed by atoms with E-state index in [9.17, 15) is 4.79 Å². The molecule has 1 aliphatic rings. The van der Waals surface area contributed by atoms with Crippen molar-refractivity contribution >= 4 is 5.97 Å². The number of ether oxygens (including phenoxy) is 1. The number of hydrogen-bond donors (Lipinski definition) is 0. The van der Waals surface area contributed by atoms with Crippen LogP contribution in [0.15, 0.2) is 60.7 Å². The summed E-state index contributed by atoms with van der Waals surface area (Å²) >= 11 is 0. The summed E-state index contributed by atoms with van der Waals surface area (Å²) in [4.78, 5) is 15.6. The van der Waals surface area contributed by atoms with E-state index in [0.29, 0.717) is 5.92 Å². The van der Waals surface area contributed by atoms with Gasteiger partial charge in [0, 0.05) is 12.5 Å². The topological polar surface area (TPSA) is 29.5 Å². The lowest BCUT2D eigenvalue weighted by molar-refractivity contribution is -0.169. The molecule has 0 aromatic heterocycles. The third kappa shape index (κ3) is 4.78. The highest BCUT2D eigenvalue weighted by Crippen LogP contribution is 2.39. The van der Waals surface area contributed by atoms with Gasteiger partial charge < -0.3 is 9.64 Å². The van der Waals surface area contributed by atoms with Gasteiger partial charge in [-0.2, -0.15) is 0 Å². The Morgan fingerprint density at radius 1 is 1.04 bits per heavy atom. The van der Waals surface area contributed by atoms with Crippen molar-refractivity contribution in [3.63, 3.8) is 0 Å². The lowest BCUT2D eigenvalue weighted by Crippen LogP contribution is -2.47. The van der Waals surface area contributed by atoms with E-state index in [2.05, 4.69) is 25.9 Å². The summed E-state index contributed by atoms with van der Waals surface area (Å²) < 4.78 is 6.30. The smallest absolute Gasteiger partial charge is 0.318 e. The van der Waals surface area contributed by atoms with Crippen LogP contribution in [-0.4, -0.2) is 37.1 Å². The first-order valence-corrected chi connectivity index (χ1v) is 9.97. The molecule has 3 rings (SSSR count). The zero-order valence-electron chi connectivity index (χ0n) is 16.7. The number of benzene rings is 2. The molecule has 144 valence electrons. The standard InChI is InChI=1S/C24H31NO2/c1-24(17-11-10-16-21(24)18-25(2)3)27-23(26)22(19-12-6-4-7-13-19)20-14-8-5-9-15-20/h4-9,12-15,21-22H,10-11,16-18H2,1-3H3. The second kappa shape index (κ2) is 8.71. The van der Waals surface area contributed by atoms with Crippen molar-refractivity contribution in [3.8, 4) is 0 Å². The van der Waals surface area contributed by atoms with Crippen LogP contribution in [0.4, 0.5) is 0 Å². The molecule has 0 spiro atoms. The van der Waals surface area contributed by atoms with Crippen LogP contribution in [0.3, 0.4) is 0 Å². The zero-order chi connectivity index (χ0) is 19.3. The molecule has 1 saturated carbocycles. The van der Waals surface area contributed by atoms with Crippen LogP contribution in [0.25, 0.3) is 0 Å². The Hall–Kier alpha value is -2.13. The average molecular weight is 366 g/mol. The molecule has 2 aromatic rings. The van der Waals surface area contributed by atoms with Crippen molar-refractivity contribution in [1.82, 2.24) is 4.90 Å². The van der Waals surface area contributed by atoms with Crippen LogP contribution < -0.4 is 0 Å². The van der Waals surface area contributed by atoms with Crippen LogP contribution in [-0.2, 0) is 9.53 Å². The SMILES string of the molecule is CN(C)CC1CCCCC1(C)OC(=O)C(c1ccccc1)c1ccccc1. The Kier molecular flexibility index (Phi) is 6.33. The molecule has 3 heteroatoms. The highest BCUT2D eigenvalue weighted by atomic mass is 16.6. The highest BCUT2D eigenvalue weighted by molar-refractivity contribution is 5.82. The first-order chi connectivity index (χ1) is 13.0. The van der Waals surface area contributed by atoms with E-state index in [1.807, 2.05) is 60.7 Å². The third-order valence-electron chi connectivity index (χ3n) is 5.76. The average Bonchev–Trinajstić information content (AvgIpc) is 2.65.